The molecule has 0 spiro atoms. The molecule has 0 aromatic carbocycles. The summed E-state index contributed by atoms with van der Waals surface area (Å²) >= 11 is 0. The fourth-order valence-electron chi connectivity index (χ4n) is 13.2. The van der Waals surface area contributed by atoms with Gasteiger partial charge in [0.15, 0.2) is 9.84 Å². The monoisotopic (exact) mass is 680 g/mol. The van der Waals surface area contributed by atoms with E-state index in [4.69, 9.17) is 4.74 Å². The second-order valence-electron chi connectivity index (χ2n) is 18.1. The topological polar surface area (TPSA) is 75.7 Å². The van der Waals surface area contributed by atoms with Crippen LogP contribution in [-0.4, -0.2) is 69.6 Å². The van der Waals surface area contributed by atoms with E-state index in [1.54, 1.807) is 6.08 Å². The number of methoxy groups -OCH3 is 1. The molecule has 5 fully saturated rings. The minimum Gasteiger partial charge on any atom is -0.466 e. The molecule has 1 aliphatic heterocycles. The molecule has 6 rings (SSSR count). The Kier molecular flexibility index (Phi) is 9.64. The lowest BCUT2D eigenvalue weighted by molar-refractivity contribution is -0.221. The summed E-state index contributed by atoms with van der Waals surface area (Å²) in [6.07, 6.45) is 21.4. The zero-order chi connectivity index (χ0) is 34.8. The average molecular weight is 681 g/mol. The Morgan fingerprint density at radius 3 is 2.40 bits per heavy atom. The first-order valence-corrected chi connectivity index (χ1v) is 20.8. The summed E-state index contributed by atoms with van der Waals surface area (Å²) in [5.74, 6) is 3.50. The van der Waals surface area contributed by atoms with E-state index in [9.17, 15) is 13.2 Å². The van der Waals surface area contributed by atoms with Crippen LogP contribution in [0.1, 0.15) is 99.3 Å². The van der Waals surface area contributed by atoms with Crippen molar-refractivity contribution in [1.29, 1.82) is 0 Å². The third kappa shape index (κ3) is 5.84. The average Bonchev–Trinajstić information content (AvgIpc) is 3.41. The lowest BCUT2D eigenvalue weighted by atomic mass is 9.33. The van der Waals surface area contributed by atoms with Crippen LogP contribution in [0.2, 0.25) is 0 Å². The molecule has 6 nitrogen and oxygen atoms in total. The zero-order valence-corrected chi connectivity index (χ0v) is 31.9. The van der Waals surface area contributed by atoms with Crippen LogP contribution in [0, 0.1) is 51.2 Å². The summed E-state index contributed by atoms with van der Waals surface area (Å²) in [6, 6.07) is 0. The summed E-state index contributed by atoms with van der Waals surface area (Å²) in [4.78, 5) is 13.9. The number of carbonyl (C=O) groups excluding carboxylic acids is 1. The molecule has 48 heavy (non-hydrogen) atoms. The molecule has 0 bridgehead atoms. The van der Waals surface area contributed by atoms with Gasteiger partial charge >= 0.3 is 5.97 Å². The van der Waals surface area contributed by atoms with E-state index in [1.807, 2.05) is 6.08 Å². The Balaban J connectivity index is 1.23. The summed E-state index contributed by atoms with van der Waals surface area (Å²) in [5.41, 5.74) is 3.88. The maximum atomic E-state index is 12.0. The molecule has 1 heterocycles. The van der Waals surface area contributed by atoms with Gasteiger partial charge in [-0.05, 0) is 122 Å². The highest BCUT2D eigenvalue weighted by molar-refractivity contribution is 7.91. The predicted molar refractivity (Wildman–Crippen MR) is 196 cm³/mol. The van der Waals surface area contributed by atoms with Gasteiger partial charge in [-0.25, -0.2) is 13.2 Å². The van der Waals surface area contributed by atoms with Gasteiger partial charge in [-0.2, -0.15) is 0 Å². The van der Waals surface area contributed by atoms with E-state index in [-0.39, 0.29) is 22.3 Å². The number of fused-ring (bicyclic) bond motifs is 7. The van der Waals surface area contributed by atoms with E-state index >= 15 is 0 Å². The van der Waals surface area contributed by atoms with Crippen molar-refractivity contribution < 1.29 is 17.9 Å². The molecular formula is C41H64N2O4S. The van der Waals surface area contributed by atoms with Gasteiger partial charge in [-0.1, -0.05) is 71.1 Å². The molecule has 5 aliphatic carbocycles. The quantitative estimate of drug-likeness (QED) is 0.124. The number of carbonyl (C=O) groups is 1. The van der Waals surface area contributed by atoms with Crippen LogP contribution in [0.4, 0.5) is 0 Å². The Morgan fingerprint density at radius 1 is 0.979 bits per heavy atom. The normalized spacial score (nSPS) is 43.6. The van der Waals surface area contributed by atoms with Crippen LogP contribution in [0.25, 0.3) is 0 Å². The van der Waals surface area contributed by atoms with Crippen LogP contribution < -0.4 is 5.32 Å². The number of nitrogens with zero attached hydrogens (tertiary/aromatic N) is 1. The molecule has 1 saturated heterocycles. The van der Waals surface area contributed by atoms with E-state index in [2.05, 4.69) is 70.5 Å². The van der Waals surface area contributed by atoms with E-state index in [0.29, 0.717) is 65.0 Å². The Hall–Kier alpha value is -1.70. The minimum absolute atomic E-state index is 0.0718. The molecule has 0 aromatic rings. The van der Waals surface area contributed by atoms with Gasteiger partial charge in [0, 0.05) is 37.8 Å². The minimum atomic E-state index is -2.85. The highest BCUT2D eigenvalue weighted by Crippen LogP contribution is 2.76. The first-order chi connectivity index (χ1) is 22.5. The Labute approximate surface area is 292 Å². The first kappa shape index (κ1) is 36.1. The summed E-state index contributed by atoms with van der Waals surface area (Å²) in [7, 11) is -1.44. The van der Waals surface area contributed by atoms with E-state index < -0.39 is 9.84 Å². The van der Waals surface area contributed by atoms with Gasteiger partial charge < -0.3 is 15.0 Å². The molecule has 0 amide bonds. The van der Waals surface area contributed by atoms with Crippen LogP contribution >= 0.6 is 0 Å². The number of hydrogen-bond donors (Lipinski definition) is 1. The highest BCUT2D eigenvalue weighted by Gasteiger charge is 2.70. The van der Waals surface area contributed by atoms with Crippen molar-refractivity contribution in [3.63, 3.8) is 0 Å². The van der Waals surface area contributed by atoms with Gasteiger partial charge in [-0.15, -0.1) is 0 Å². The Morgan fingerprint density at radius 2 is 1.71 bits per heavy atom. The second kappa shape index (κ2) is 12.8. The molecule has 268 valence electrons. The van der Waals surface area contributed by atoms with Crippen molar-refractivity contribution in [2.75, 3.05) is 44.8 Å². The molecule has 0 unspecified atom stereocenters. The standard InChI is InChI=1S/C41H64N2O4S/c1-29(2)31-16-20-41(42-23-24-43-25-27-48(45,46)28-26-43)22-21-39(6)32(36(31)41)13-14-34-38(5)18-15-30(11-9-10-12-35(44)47-8)37(3,4)33(38)17-19-40(34,39)7/h9-12,15,31-34,36,42H,1,13-14,16-28H2,2-8H3/b11-9+,12-10+/t31-,32+,33-,34+,36+,38-,39+,40+,41-/m0/s1. The van der Waals surface area contributed by atoms with Crippen LogP contribution in [0.3, 0.4) is 0 Å². The van der Waals surface area contributed by atoms with Gasteiger partial charge in [0.25, 0.3) is 0 Å². The summed E-state index contributed by atoms with van der Waals surface area (Å²) in [5, 5.41) is 4.21. The third-order valence-electron chi connectivity index (χ3n) is 15.9. The molecule has 4 saturated carbocycles. The van der Waals surface area contributed by atoms with Crippen molar-refractivity contribution in [3.8, 4) is 0 Å². The largest absolute Gasteiger partial charge is 0.466 e. The number of sulfone groups is 1. The number of hydrogen-bond acceptors (Lipinski definition) is 6. The smallest absolute Gasteiger partial charge is 0.330 e. The molecule has 9 atom stereocenters. The fourth-order valence-corrected chi connectivity index (χ4v) is 14.4. The van der Waals surface area contributed by atoms with Gasteiger partial charge in [0.05, 0.1) is 18.6 Å². The second-order valence-corrected chi connectivity index (χ2v) is 20.4. The number of ether oxygens (including phenoxy) is 1. The number of esters is 1. The molecule has 0 aromatic heterocycles. The number of nitrogens with one attached hydrogen (secondary N) is 1. The van der Waals surface area contributed by atoms with E-state index in [1.165, 1.54) is 75.7 Å². The lowest BCUT2D eigenvalue weighted by Gasteiger charge is -2.72. The summed E-state index contributed by atoms with van der Waals surface area (Å²) in [6.45, 7) is 23.1. The number of rotatable bonds is 8. The maximum absolute atomic E-state index is 12.0. The van der Waals surface area contributed by atoms with Crippen molar-refractivity contribution in [2.24, 2.45) is 51.2 Å². The van der Waals surface area contributed by atoms with Crippen LogP contribution in [0.5, 0.6) is 0 Å². The van der Waals surface area contributed by atoms with Crippen LogP contribution in [0.15, 0.2) is 48.1 Å². The van der Waals surface area contributed by atoms with Crippen molar-refractivity contribution in [3.05, 3.63) is 48.1 Å². The third-order valence-corrected chi connectivity index (χ3v) is 17.5. The molecule has 7 heteroatoms. The molecule has 0 radical (unpaired) electrons. The zero-order valence-electron chi connectivity index (χ0n) is 31.1. The molecular weight excluding hydrogens is 617 g/mol. The first-order valence-electron chi connectivity index (χ1n) is 19.0. The van der Waals surface area contributed by atoms with Gasteiger partial charge in [0.2, 0.25) is 0 Å². The molecule has 6 aliphatic rings. The highest BCUT2D eigenvalue weighted by atomic mass is 32.2. The summed E-state index contributed by atoms with van der Waals surface area (Å²) < 4.78 is 28.8. The van der Waals surface area contributed by atoms with Crippen molar-refractivity contribution >= 4 is 15.8 Å². The van der Waals surface area contributed by atoms with E-state index in [0.717, 1.165) is 19.5 Å². The predicted octanol–water partition coefficient (Wildman–Crippen LogP) is 7.54. The fraction of sp³-hybridized carbons (Fsp3) is 0.780. The maximum Gasteiger partial charge on any atom is 0.330 e. The lowest BCUT2D eigenvalue weighted by Crippen LogP contribution is -2.68. The number of allylic oxidation sites excluding steroid dienone is 6. The van der Waals surface area contributed by atoms with Crippen molar-refractivity contribution in [1.82, 2.24) is 10.2 Å². The van der Waals surface area contributed by atoms with Crippen LogP contribution in [-0.2, 0) is 19.4 Å². The SMILES string of the molecule is C=C(C)[C@@H]1CC[C@]2(NCCN3CCS(=O)(=O)CC3)CC[C@]3(C)[C@H](CC[C@@H]4[C@@]5(C)CC=C(/C=C/C=C/C(=O)OC)C(C)(C)[C@@H]5CC[C@]43C)[C@@H]12. The van der Waals surface area contributed by atoms with Crippen molar-refractivity contribution in [2.45, 2.75) is 105 Å². The Bertz CT molecular complexity index is 1460. The van der Waals surface area contributed by atoms with Gasteiger partial charge in [0.1, 0.15) is 0 Å². The van der Waals surface area contributed by atoms with Gasteiger partial charge in [-0.3, -0.25) is 0 Å². The molecule has 1 N–H and O–H groups in total.